The van der Waals surface area contributed by atoms with Crippen molar-refractivity contribution in [1.29, 1.82) is 0 Å². The molecule has 1 N–H and O–H groups in total. The minimum absolute atomic E-state index is 0.0802. The molecule has 0 bridgehead atoms. The summed E-state index contributed by atoms with van der Waals surface area (Å²) in [6, 6.07) is 4.81. The van der Waals surface area contributed by atoms with Gasteiger partial charge in [0.15, 0.2) is 11.5 Å². The first-order valence-electron chi connectivity index (χ1n) is 10.5. The van der Waals surface area contributed by atoms with Crippen LogP contribution in [-0.4, -0.2) is 53.1 Å². The zero-order chi connectivity index (χ0) is 22.2. The molecule has 2 aromatic rings. The molecule has 0 aromatic carbocycles. The summed E-state index contributed by atoms with van der Waals surface area (Å²) >= 11 is 0. The van der Waals surface area contributed by atoms with E-state index in [9.17, 15) is 9.59 Å². The molecular weight excluding hydrogens is 398 g/mol. The largest absolute Gasteiger partial charge is 0.469 e. The Labute approximate surface area is 182 Å². The number of esters is 1. The second-order valence-electron chi connectivity index (χ2n) is 7.87. The molecule has 1 aliphatic heterocycles. The van der Waals surface area contributed by atoms with Crippen molar-refractivity contribution in [3.05, 3.63) is 42.0 Å². The van der Waals surface area contributed by atoms with Crippen LogP contribution in [0, 0.1) is 5.92 Å². The van der Waals surface area contributed by atoms with Crippen LogP contribution in [0.2, 0.25) is 0 Å². The van der Waals surface area contributed by atoms with E-state index in [0.717, 1.165) is 31.6 Å². The highest BCUT2D eigenvalue weighted by Gasteiger charge is 2.26. The van der Waals surface area contributed by atoms with E-state index in [1.165, 1.54) is 13.3 Å². The van der Waals surface area contributed by atoms with Crippen LogP contribution in [0.4, 0.5) is 5.82 Å². The van der Waals surface area contributed by atoms with Gasteiger partial charge >= 0.3 is 5.97 Å². The van der Waals surface area contributed by atoms with Gasteiger partial charge in [0, 0.05) is 19.3 Å². The Morgan fingerprint density at radius 3 is 2.61 bits per heavy atom. The quantitative estimate of drug-likeness (QED) is 0.608. The number of pyridine rings is 1. The van der Waals surface area contributed by atoms with Crippen molar-refractivity contribution in [2.75, 3.05) is 25.1 Å². The Balaban J connectivity index is 1.81. The molecule has 3 heterocycles. The van der Waals surface area contributed by atoms with E-state index in [1.807, 2.05) is 32.0 Å². The third kappa shape index (κ3) is 6.13. The number of carbonyl (C=O) groups is 2. The van der Waals surface area contributed by atoms with E-state index in [1.54, 1.807) is 6.20 Å². The smallest absolute Gasteiger partial charge is 0.328 e. The molecule has 3 rings (SSSR count). The Morgan fingerprint density at radius 1 is 1.19 bits per heavy atom. The van der Waals surface area contributed by atoms with E-state index < -0.39 is 17.9 Å². The molecule has 0 radical (unpaired) electrons. The van der Waals surface area contributed by atoms with Crippen LogP contribution in [-0.2, 0) is 16.1 Å². The van der Waals surface area contributed by atoms with Gasteiger partial charge in [0.2, 0.25) is 0 Å². The average molecular weight is 428 g/mol. The van der Waals surface area contributed by atoms with Gasteiger partial charge in [-0.2, -0.15) is 0 Å². The summed E-state index contributed by atoms with van der Waals surface area (Å²) in [4.78, 5) is 40.1. The molecule has 0 saturated carbocycles. The molecule has 31 heavy (non-hydrogen) atoms. The van der Waals surface area contributed by atoms with Crippen LogP contribution in [0.25, 0.3) is 0 Å². The Hall–Kier alpha value is -3.23. The molecule has 0 spiro atoms. The molecule has 1 aliphatic rings. The van der Waals surface area contributed by atoms with Gasteiger partial charge in [-0.05, 0) is 37.3 Å². The highest BCUT2D eigenvalue weighted by atomic mass is 16.5. The van der Waals surface area contributed by atoms with Crippen LogP contribution in [0.3, 0.4) is 0 Å². The van der Waals surface area contributed by atoms with Crippen molar-refractivity contribution in [2.45, 2.75) is 45.8 Å². The molecule has 2 aromatic heterocycles. The highest BCUT2D eigenvalue weighted by molar-refractivity contribution is 5.95. The van der Waals surface area contributed by atoms with Crippen molar-refractivity contribution in [3.63, 3.8) is 0 Å². The number of methoxy groups -OCH3 is 1. The van der Waals surface area contributed by atoms with Crippen molar-refractivity contribution in [2.24, 2.45) is 5.92 Å². The van der Waals surface area contributed by atoms with Gasteiger partial charge in [0.05, 0.1) is 19.0 Å². The standard InChI is InChI=1S/C22H29N5O4/c1-15(2)12-17(22(29)30-3)25-20(28)18-13-24-19(27-10-6-7-11-27)21(26-18)31-14-16-8-4-5-9-23-16/h4-5,8-9,13,15,17H,6-7,10-12,14H2,1-3H3,(H,25,28)/t17-/m0/s1. The first-order chi connectivity index (χ1) is 15.0. The first kappa shape index (κ1) is 22.5. The lowest BCUT2D eigenvalue weighted by Crippen LogP contribution is -2.42. The maximum absolute atomic E-state index is 12.8. The Bertz CT molecular complexity index is 885. The molecule has 0 aliphatic carbocycles. The second kappa shape index (κ2) is 10.7. The maximum atomic E-state index is 12.8. The fourth-order valence-electron chi connectivity index (χ4n) is 3.40. The predicted molar refractivity (Wildman–Crippen MR) is 115 cm³/mol. The molecule has 166 valence electrons. The van der Waals surface area contributed by atoms with Gasteiger partial charge < -0.3 is 19.7 Å². The van der Waals surface area contributed by atoms with Crippen LogP contribution in [0.15, 0.2) is 30.6 Å². The van der Waals surface area contributed by atoms with Gasteiger partial charge in [-0.3, -0.25) is 9.78 Å². The summed E-state index contributed by atoms with van der Waals surface area (Å²) in [5.41, 5.74) is 0.825. The van der Waals surface area contributed by atoms with E-state index in [4.69, 9.17) is 9.47 Å². The van der Waals surface area contributed by atoms with Crippen molar-refractivity contribution in [1.82, 2.24) is 20.3 Å². The number of nitrogens with one attached hydrogen (secondary N) is 1. The fraction of sp³-hybridized carbons (Fsp3) is 0.500. The zero-order valence-electron chi connectivity index (χ0n) is 18.2. The van der Waals surface area contributed by atoms with Crippen molar-refractivity contribution >= 4 is 17.7 Å². The van der Waals surface area contributed by atoms with Gasteiger partial charge in [-0.15, -0.1) is 0 Å². The van der Waals surface area contributed by atoms with E-state index >= 15 is 0 Å². The number of nitrogens with zero attached hydrogens (tertiary/aromatic N) is 4. The normalized spacial score (nSPS) is 14.4. The van der Waals surface area contributed by atoms with Gasteiger partial charge in [0.1, 0.15) is 12.6 Å². The number of ether oxygens (including phenoxy) is 2. The SMILES string of the molecule is COC(=O)[C@H](CC(C)C)NC(=O)c1cnc(N2CCCC2)c(OCc2ccccn2)n1. The lowest BCUT2D eigenvalue weighted by molar-refractivity contribution is -0.143. The average Bonchev–Trinajstić information content (AvgIpc) is 3.31. The van der Waals surface area contributed by atoms with E-state index in [-0.39, 0.29) is 24.1 Å². The van der Waals surface area contributed by atoms with Crippen LogP contribution in [0.1, 0.15) is 49.3 Å². The van der Waals surface area contributed by atoms with Crippen LogP contribution >= 0.6 is 0 Å². The Morgan fingerprint density at radius 2 is 1.97 bits per heavy atom. The lowest BCUT2D eigenvalue weighted by Gasteiger charge is -2.20. The number of hydrogen-bond donors (Lipinski definition) is 1. The van der Waals surface area contributed by atoms with E-state index in [0.29, 0.717) is 12.2 Å². The first-order valence-corrected chi connectivity index (χ1v) is 10.5. The predicted octanol–water partition coefficient (Wildman–Crippen LogP) is 2.37. The molecule has 1 atom stereocenters. The van der Waals surface area contributed by atoms with E-state index in [2.05, 4.69) is 25.2 Å². The summed E-state index contributed by atoms with van der Waals surface area (Å²) in [5, 5.41) is 2.71. The van der Waals surface area contributed by atoms with Crippen LogP contribution < -0.4 is 15.0 Å². The number of anilines is 1. The third-order valence-corrected chi connectivity index (χ3v) is 4.94. The Kier molecular flexibility index (Phi) is 7.75. The summed E-state index contributed by atoms with van der Waals surface area (Å²) in [7, 11) is 1.30. The zero-order valence-corrected chi connectivity index (χ0v) is 18.2. The molecule has 9 nitrogen and oxygen atoms in total. The number of rotatable bonds is 9. The minimum Gasteiger partial charge on any atom is -0.469 e. The molecule has 9 heteroatoms. The fourth-order valence-corrected chi connectivity index (χ4v) is 3.40. The van der Waals surface area contributed by atoms with Gasteiger partial charge in [-0.25, -0.2) is 14.8 Å². The molecule has 1 fully saturated rings. The lowest BCUT2D eigenvalue weighted by atomic mass is 10.0. The van der Waals surface area contributed by atoms with Crippen molar-refractivity contribution < 1.29 is 19.1 Å². The maximum Gasteiger partial charge on any atom is 0.328 e. The molecule has 1 saturated heterocycles. The summed E-state index contributed by atoms with van der Waals surface area (Å²) in [5.74, 6) is 0.0928. The topological polar surface area (TPSA) is 107 Å². The van der Waals surface area contributed by atoms with Gasteiger partial charge in [-0.1, -0.05) is 19.9 Å². The molecule has 0 unspecified atom stereocenters. The number of hydrogen-bond acceptors (Lipinski definition) is 8. The van der Waals surface area contributed by atoms with Crippen molar-refractivity contribution in [3.8, 4) is 5.88 Å². The highest BCUT2D eigenvalue weighted by Crippen LogP contribution is 2.27. The summed E-state index contributed by atoms with van der Waals surface area (Å²) < 4.78 is 10.7. The minimum atomic E-state index is -0.754. The number of amides is 1. The molecular formula is C22H29N5O4. The summed E-state index contributed by atoms with van der Waals surface area (Å²) in [6.07, 6.45) is 5.71. The third-order valence-electron chi connectivity index (χ3n) is 4.94. The summed E-state index contributed by atoms with van der Waals surface area (Å²) in [6.45, 7) is 5.87. The van der Waals surface area contributed by atoms with Crippen LogP contribution in [0.5, 0.6) is 5.88 Å². The number of aromatic nitrogens is 3. The molecule has 1 amide bonds. The van der Waals surface area contributed by atoms with Gasteiger partial charge in [0.25, 0.3) is 11.8 Å². The monoisotopic (exact) mass is 427 g/mol. The second-order valence-corrected chi connectivity index (χ2v) is 7.87. The number of carbonyl (C=O) groups excluding carboxylic acids is 2.